The monoisotopic (exact) mass is 642 g/mol. The fourth-order valence-corrected chi connectivity index (χ4v) is 0.422. The molecule has 0 aliphatic carbocycles. The van der Waals surface area contributed by atoms with Gasteiger partial charge in [0.05, 0.1) is 0 Å². The van der Waals surface area contributed by atoms with Crippen LogP contribution in [-0.2, 0) is 42.1 Å². The summed E-state index contributed by atoms with van der Waals surface area (Å²) in [6.45, 7) is 23.7. The Labute approximate surface area is 166 Å². The van der Waals surface area contributed by atoms with Crippen molar-refractivity contribution >= 4 is 0 Å². The quantitative estimate of drug-likeness (QED) is 0.439. The first-order chi connectivity index (χ1) is 8.11. The predicted molar refractivity (Wildman–Crippen MR) is 94.8 cm³/mol. The van der Waals surface area contributed by atoms with E-state index in [4.69, 9.17) is 5.73 Å². The number of hydrogen-bond acceptors (Lipinski definition) is 2. The summed E-state index contributed by atoms with van der Waals surface area (Å²) in [6, 6.07) is 1.06. The van der Waals surface area contributed by atoms with E-state index in [2.05, 4.69) is 32.6 Å². The van der Waals surface area contributed by atoms with Gasteiger partial charge in [0, 0.05) is 42.1 Å². The first-order valence-corrected chi connectivity index (χ1v) is 6.73. The van der Waals surface area contributed by atoms with E-state index < -0.39 is 0 Å². The number of nitrogens with two attached hydrogens (primary N) is 1. The molecule has 0 aromatic heterocycles. The average Bonchev–Trinajstić information content (AvgIpc) is 2.17. The average molecular weight is 642 g/mol. The molecule has 0 aliphatic rings. The minimum Gasteiger partial charge on any atom is -0.359 e. The topological polar surface area (TPSA) is 29.3 Å². The molecular weight excluding hydrogens is 600 g/mol. The Bertz CT molecular complexity index is 107. The van der Waals surface area contributed by atoms with Crippen LogP contribution >= 0.6 is 0 Å². The standard InChI is InChI=1S/C7H15N.C3H9N.2C3H7.CH4.2W/c1-6(2)8(5)7(3)4;1-3(2)4;2*1-3-2;;;/h6-7H,1-2H2,3-5H3;3H,4H2,1-2H3;2*3H,1-2H3;1H4;;/q-2;;2*-1;;;. The van der Waals surface area contributed by atoms with E-state index >= 15 is 0 Å². The van der Waals surface area contributed by atoms with Crippen molar-refractivity contribution in [1.82, 2.24) is 4.90 Å². The fourth-order valence-electron chi connectivity index (χ4n) is 0.422. The Balaban J connectivity index is -0.0000000262. The summed E-state index contributed by atoms with van der Waals surface area (Å²) >= 11 is 0. The zero-order valence-electron chi connectivity index (χ0n) is 15.1. The molecule has 0 atom stereocenters. The molecule has 0 aromatic rings. The molecule has 0 saturated carbocycles. The molecule has 0 spiro atoms. The van der Waals surface area contributed by atoms with E-state index in [9.17, 15) is 0 Å². The van der Waals surface area contributed by atoms with Gasteiger partial charge in [-0.25, -0.2) is 6.04 Å². The molecule has 2 nitrogen and oxygen atoms in total. The first kappa shape index (κ1) is 43.2. The molecule has 0 rings (SSSR count). The van der Waals surface area contributed by atoms with Gasteiger partial charge in [-0.2, -0.15) is 27.7 Å². The van der Waals surface area contributed by atoms with Crippen LogP contribution in [0.5, 0.6) is 0 Å². The Morgan fingerprint density at radius 1 is 0.857 bits per heavy atom. The second-order valence-electron chi connectivity index (χ2n) is 4.81. The summed E-state index contributed by atoms with van der Waals surface area (Å²) in [5, 5.41) is 0. The number of nitrogens with zero attached hydrogens (tertiary/aromatic N) is 1. The van der Waals surface area contributed by atoms with E-state index in [1.165, 1.54) is 0 Å². The van der Waals surface area contributed by atoms with E-state index in [0.717, 1.165) is 0 Å². The van der Waals surface area contributed by atoms with Crippen LogP contribution in [0.4, 0.5) is 0 Å². The van der Waals surface area contributed by atoms with Gasteiger partial charge in [-0.1, -0.05) is 35.1 Å². The molecule has 0 heterocycles. The molecule has 0 amide bonds. The van der Waals surface area contributed by atoms with Crippen LogP contribution in [0.1, 0.15) is 62.8 Å². The normalized spacial score (nSPS) is 8.00. The summed E-state index contributed by atoms with van der Waals surface area (Å²) < 4.78 is 0. The van der Waals surface area contributed by atoms with Crippen molar-refractivity contribution < 1.29 is 42.1 Å². The van der Waals surface area contributed by atoms with Crippen LogP contribution < -0.4 is 5.73 Å². The van der Waals surface area contributed by atoms with E-state index in [1.807, 2.05) is 61.4 Å². The summed E-state index contributed by atoms with van der Waals surface area (Å²) in [5.74, 6) is 0. The third-order valence-electron chi connectivity index (χ3n) is 1.39. The van der Waals surface area contributed by atoms with Gasteiger partial charge in [0.15, 0.2) is 0 Å². The Morgan fingerprint density at radius 2 is 1.00 bits per heavy atom. The fraction of sp³-hybridized carbons (Fsp3) is 0.765. The molecule has 2 N–H and O–H groups in total. The second kappa shape index (κ2) is 37.5. The summed E-state index contributed by atoms with van der Waals surface area (Å²) in [5.41, 5.74) is 5.11. The van der Waals surface area contributed by atoms with Gasteiger partial charge in [-0.3, -0.25) is 0 Å². The van der Waals surface area contributed by atoms with Crippen LogP contribution in [0.3, 0.4) is 0 Å². The van der Waals surface area contributed by atoms with Crippen LogP contribution in [0, 0.1) is 26.7 Å². The maximum absolute atomic E-state index is 5.11. The van der Waals surface area contributed by atoms with Gasteiger partial charge in [-0.05, 0) is 19.1 Å². The van der Waals surface area contributed by atoms with E-state index in [0.29, 0.717) is 12.1 Å². The Hall–Kier alpha value is 1.30. The first-order valence-electron chi connectivity index (χ1n) is 6.73. The molecular formula is C17H42N2W2-4. The third kappa shape index (κ3) is 91.8. The third-order valence-corrected chi connectivity index (χ3v) is 1.39. The van der Waals surface area contributed by atoms with Crippen LogP contribution in [0.2, 0.25) is 0 Å². The molecule has 0 aromatic carbocycles. The zero-order chi connectivity index (χ0) is 15.7. The summed E-state index contributed by atoms with van der Waals surface area (Å²) in [4.78, 5) is 2.11. The van der Waals surface area contributed by atoms with Gasteiger partial charge in [0.2, 0.25) is 0 Å². The van der Waals surface area contributed by atoms with Crippen molar-refractivity contribution in [3.63, 3.8) is 0 Å². The number of rotatable bonds is 2. The minimum absolute atomic E-state index is 0. The maximum Gasteiger partial charge on any atom is 0 e. The van der Waals surface area contributed by atoms with Gasteiger partial charge in [0.1, 0.15) is 0 Å². The van der Waals surface area contributed by atoms with Gasteiger partial charge in [-0.15, -0.1) is 0 Å². The van der Waals surface area contributed by atoms with E-state index in [-0.39, 0.29) is 55.6 Å². The van der Waals surface area contributed by atoms with Crippen molar-refractivity contribution in [2.24, 2.45) is 5.73 Å². The van der Waals surface area contributed by atoms with Crippen molar-refractivity contribution in [1.29, 1.82) is 0 Å². The SMILES string of the molecule is C.CC(C)N.C[CH-]C.C[CH-]C.[CH2-]C([CH2-])N(C)C(C)C.[W].[W]. The van der Waals surface area contributed by atoms with Gasteiger partial charge < -0.3 is 37.3 Å². The molecule has 0 unspecified atom stereocenters. The molecule has 0 fully saturated rings. The predicted octanol–water partition coefficient (Wildman–Crippen LogP) is 4.81. The summed E-state index contributed by atoms with van der Waals surface area (Å²) in [6.07, 6.45) is 4.00. The molecule has 0 bridgehead atoms. The van der Waals surface area contributed by atoms with Crippen LogP contribution in [0.25, 0.3) is 0 Å². The molecule has 21 heavy (non-hydrogen) atoms. The second-order valence-corrected chi connectivity index (χ2v) is 4.81. The minimum atomic E-state index is 0. The van der Waals surface area contributed by atoms with Crippen LogP contribution in [-0.4, -0.2) is 30.1 Å². The van der Waals surface area contributed by atoms with Crippen molar-refractivity contribution in [2.75, 3.05) is 7.05 Å². The molecule has 0 aliphatic heterocycles. The largest absolute Gasteiger partial charge is 0.359 e. The maximum atomic E-state index is 5.11. The van der Waals surface area contributed by atoms with Crippen molar-refractivity contribution in [2.45, 2.75) is 80.9 Å². The van der Waals surface area contributed by atoms with E-state index in [1.54, 1.807) is 0 Å². The van der Waals surface area contributed by atoms with Crippen LogP contribution in [0.15, 0.2) is 0 Å². The molecule has 0 saturated heterocycles. The van der Waals surface area contributed by atoms with Crippen molar-refractivity contribution in [3.05, 3.63) is 26.7 Å². The number of hydrogen-bond donors (Lipinski definition) is 1. The van der Waals surface area contributed by atoms with Gasteiger partial charge >= 0.3 is 0 Å². The molecule has 4 heteroatoms. The zero-order valence-corrected chi connectivity index (χ0v) is 21.0. The molecule has 0 radical (unpaired) electrons. The summed E-state index contributed by atoms with van der Waals surface area (Å²) in [7, 11) is 2.02. The Kier molecular flexibility index (Phi) is 77.2. The van der Waals surface area contributed by atoms with Crippen molar-refractivity contribution in [3.8, 4) is 0 Å². The van der Waals surface area contributed by atoms with Gasteiger partial charge in [0.25, 0.3) is 0 Å². The Morgan fingerprint density at radius 3 is 1.00 bits per heavy atom. The smallest absolute Gasteiger partial charge is 0 e. The molecule has 136 valence electrons.